The van der Waals surface area contributed by atoms with Crippen LogP contribution in [0.5, 0.6) is 0 Å². The van der Waals surface area contributed by atoms with E-state index in [0.717, 1.165) is 0 Å². The summed E-state index contributed by atoms with van der Waals surface area (Å²) in [6, 6.07) is 0. The number of hydrogen-bond acceptors (Lipinski definition) is 4. The van der Waals surface area contributed by atoms with Crippen molar-refractivity contribution >= 4 is 11.7 Å². The number of carbonyl (C=O) groups excluding carboxylic acids is 2. The van der Waals surface area contributed by atoms with E-state index in [1.54, 1.807) is 0 Å². The lowest BCUT2D eigenvalue weighted by molar-refractivity contribution is -0.124. The highest BCUT2D eigenvalue weighted by Crippen LogP contribution is 2.21. The lowest BCUT2D eigenvalue weighted by Crippen LogP contribution is -2.32. The van der Waals surface area contributed by atoms with Crippen LogP contribution >= 0.6 is 0 Å². The van der Waals surface area contributed by atoms with Gasteiger partial charge in [-0.25, -0.2) is 0 Å². The van der Waals surface area contributed by atoms with Crippen LogP contribution in [0.2, 0.25) is 0 Å². The molecule has 0 heterocycles. The molecule has 122 valence electrons. The van der Waals surface area contributed by atoms with Crippen molar-refractivity contribution in [1.29, 1.82) is 0 Å². The van der Waals surface area contributed by atoms with Gasteiger partial charge in [0.1, 0.15) is 6.61 Å². The van der Waals surface area contributed by atoms with E-state index in [1.165, 1.54) is 26.2 Å². The average Bonchev–Trinajstić information content (AvgIpc) is 2.39. The zero-order valence-electron chi connectivity index (χ0n) is 13.6. The zero-order chi connectivity index (χ0) is 16.0. The van der Waals surface area contributed by atoms with Gasteiger partial charge in [0, 0.05) is 13.9 Å². The molecule has 1 fully saturated rings. The molecule has 1 amide bonds. The minimum atomic E-state index is -0.333. The molecule has 0 radical (unpaired) electrons. The van der Waals surface area contributed by atoms with Crippen LogP contribution in [0, 0.1) is 5.92 Å². The zero-order valence-corrected chi connectivity index (χ0v) is 13.6. The summed E-state index contributed by atoms with van der Waals surface area (Å²) in [7, 11) is 0. The molecular weight excluding hydrogens is 258 g/mol. The summed E-state index contributed by atoms with van der Waals surface area (Å²) in [5.74, 6) is -0.00841. The van der Waals surface area contributed by atoms with E-state index in [-0.39, 0.29) is 25.6 Å². The number of Topliss-reactive ketones (excluding diaryl/α,β-unsaturated/α-hetero) is 1. The Kier molecular flexibility index (Phi) is 15.5. The maximum absolute atomic E-state index is 11.1. The minimum Gasteiger partial charge on any atom is -0.389 e. The monoisotopic (exact) mass is 291 g/mol. The summed E-state index contributed by atoms with van der Waals surface area (Å²) in [5, 5.41) is 10.6. The van der Waals surface area contributed by atoms with Crippen LogP contribution in [-0.2, 0) is 14.3 Å². The normalized spacial score (nSPS) is 13.3. The molecular formula is C15H33NO4. The molecule has 0 spiro atoms. The number of aliphatic hydroxyl groups excluding tert-OH is 1. The number of ketones is 1. The molecule has 0 aliphatic heterocycles. The van der Waals surface area contributed by atoms with Gasteiger partial charge in [0.15, 0.2) is 5.78 Å². The summed E-state index contributed by atoms with van der Waals surface area (Å²) in [5.41, 5.74) is 0. The van der Waals surface area contributed by atoms with Gasteiger partial charge in [0.25, 0.3) is 0 Å². The van der Waals surface area contributed by atoms with Crippen LogP contribution in [0.25, 0.3) is 0 Å². The number of ether oxygens (including phenoxy) is 1. The Hall–Kier alpha value is -0.940. The summed E-state index contributed by atoms with van der Waals surface area (Å²) in [6.07, 6.45) is 4.15. The first-order valence-corrected chi connectivity index (χ1v) is 7.47. The average molecular weight is 291 g/mol. The highest BCUT2D eigenvalue weighted by atomic mass is 16.5. The topological polar surface area (TPSA) is 75.6 Å². The van der Waals surface area contributed by atoms with Gasteiger partial charge < -0.3 is 15.2 Å². The molecule has 1 rings (SSSR count). The van der Waals surface area contributed by atoms with E-state index in [0.29, 0.717) is 19.3 Å². The molecule has 0 saturated heterocycles. The van der Waals surface area contributed by atoms with Gasteiger partial charge in [-0.15, -0.1) is 0 Å². The van der Waals surface area contributed by atoms with Crippen LogP contribution < -0.4 is 5.32 Å². The fourth-order valence-electron chi connectivity index (χ4n) is 1.14. The Morgan fingerprint density at radius 1 is 1.35 bits per heavy atom. The fraction of sp³-hybridized carbons (Fsp3) is 0.867. The first kappa shape index (κ1) is 21.4. The number of aliphatic hydroxyl groups is 1. The predicted molar refractivity (Wildman–Crippen MR) is 82.7 cm³/mol. The van der Waals surface area contributed by atoms with E-state index in [2.05, 4.69) is 5.32 Å². The van der Waals surface area contributed by atoms with Crippen molar-refractivity contribution < 1.29 is 20.9 Å². The van der Waals surface area contributed by atoms with E-state index >= 15 is 0 Å². The molecule has 5 nitrogen and oxygen atoms in total. The van der Waals surface area contributed by atoms with Crippen LogP contribution in [0.4, 0.5) is 0 Å². The maximum Gasteiger partial charge on any atom is 0.222 e. The summed E-state index contributed by atoms with van der Waals surface area (Å²) in [4.78, 5) is 20.7. The second-order valence-electron chi connectivity index (χ2n) is 4.73. The quantitative estimate of drug-likeness (QED) is 0.735. The highest BCUT2D eigenvalue weighted by Gasteiger charge is 2.17. The van der Waals surface area contributed by atoms with E-state index in [1.807, 2.05) is 27.7 Å². The van der Waals surface area contributed by atoms with Gasteiger partial charge in [-0.1, -0.05) is 27.7 Å². The van der Waals surface area contributed by atoms with Gasteiger partial charge in [-0.2, -0.15) is 0 Å². The van der Waals surface area contributed by atoms with Crippen molar-refractivity contribution in [3.05, 3.63) is 0 Å². The minimum absolute atomic E-state index is 0. The second kappa shape index (κ2) is 14.5. The van der Waals surface area contributed by atoms with Gasteiger partial charge in [-0.3, -0.25) is 9.59 Å². The lowest BCUT2D eigenvalue weighted by Gasteiger charge is -2.25. The third-order valence-corrected chi connectivity index (χ3v) is 2.55. The lowest BCUT2D eigenvalue weighted by atomic mass is 9.96. The van der Waals surface area contributed by atoms with E-state index in [9.17, 15) is 9.59 Å². The third kappa shape index (κ3) is 13.5. The summed E-state index contributed by atoms with van der Waals surface area (Å²) >= 11 is 0. The summed E-state index contributed by atoms with van der Waals surface area (Å²) in [6.45, 7) is 10.1. The Bertz CT molecular complexity index is 256. The Labute approximate surface area is 124 Å². The number of rotatable bonds is 6. The molecule has 0 unspecified atom stereocenters. The largest absolute Gasteiger partial charge is 0.389 e. The van der Waals surface area contributed by atoms with Crippen molar-refractivity contribution in [2.45, 2.75) is 60.0 Å². The smallest absolute Gasteiger partial charge is 0.222 e. The van der Waals surface area contributed by atoms with Crippen LogP contribution in [0.3, 0.4) is 0 Å². The molecule has 0 aromatic carbocycles. The third-order valence-electron chi connectivity index (χ3n) is 2.55. The summed E-state index contributed by atoms with van der Waals surface area (Å²) < 4.78 is 5.49. The van der Waals surface area contributed by atoms with Gasteiger partial charge in [0.05, 0.1) is 12.7 Å². The van der Waals surface area contributed by atoms with Crippen molar-refractivity contribution in [2.75, 3.05) is 19.8 Å². The Morgan fingerprint density at radius 3 is 2.15 bits per heavy atom. The molecule has 0 aromatic heterocycles. The number of carbonyl (C=O) groups is 2. The fourth-order valence-corrected chi connectivity index (χ4v) is 1.14. The Balaban J connectivity index is -0.000000347. The molecule has 5 heteroatoms. The van der Waals surface area contributed by atoms with Crippen LogP contribution in [-0.4, -0.2) is 42.7 Å². The van der Waals surface area contributed by atoms with E-state index in [4.69, 9.17) is 9.84 Å². The molecule has 0 atom stereocenters. The maximum atomic E-state index is 11.1. The highest BCUT2D eigenvalue weighted by molar-refractivity contribution is 5.77. The van der Waals surface area contributed by atoms with Crippen molar-refractivity contribution in [2.24, 2.45) is 5.92 Å². The van der Waals surface area contributed by atoms with Crippen molar-refractivity contribution in [3.8, 4) is 0 Å². The number of nitrogens with one attached hydrogen (secondary N) is 1. The first-order valence-electron chi connectivity index (χ1n) is 7.47. The number of amides is 1. The van der Waals surface area contributed by atoms with Crippen LogP contribution in [0.1, 0.15) is 55.3 Å². The van der Waals surface area contributed by atoms with Crippen molar-refractivity contribution in [1.82, 2.24) is 5.32 Å². The molecule has 0 aromatic rings. The molecule has 1 saturated carbocycles. The molecule has 1 aliphatic carbocycles. The molecule has 2 N–H and O–H groups in total. The van der Waals surface area contributed by atoms with Crippen LogP contribution in [0.15, 0.2) is 0 Å². The van der Waals surface area contributed by atoms with Gasteiger partial charge in [-0.05, 0) is 26.2 Å². The molecule has 1 aliphatic rings. The van der Waals surface area contributed by atoms with Gasteiger partial charge in [0.2, 0.25) is 5.91 Å². The standard InChI is InChI=1S/C10H19NO2.C3H6O2.C2H6.H2/c1-8(2)10(12)11-6-7-13-9-4-3-5-9;1-3(5)2-4;1-2;/h8-9H,3-7H2,1-2H3,(H,11,12);4H,2H2,1H3;1-2H3;1H. The number of hydrogen-bond donors (Lipinski definition) is 2. The van der Waals surface area contributed by atoms with Gasteiger partial charge >= 0.3 is 0 Å². The molecule has 0 bridgehead atoms. The van der Waals surface area contributed by atoms with Crippen molar-refractivity contribution in [3.63, 3.8) is 0 Å². The predicted octanol–water partition coefficient (Wildman–Crippen LogP) is 2.17. The molecule has 20 heavy (non-hydrogen) atoms. The Morgan fingerprint density at radius 2 is 1.85 bits per heavy atom. The first-order chi connectivity index (χ1) is 9.47. The SMILES string of the molecule is CC.CC(=O)CO.CC(C)C(=O)NCCOC1CCC1.[HH]. The van der Waals surface area contributed by atoms with E-state index < -0.39 is 0 Å². The second-order valence-corrected chi connectivity index (χ2v) is 4.73.